The molecule has 2 fully saturated rings. The minimum absolute atomic E-state index is 0.0293. The predicted octanol–water partition coefficient (Wildman–Crippen LogP) is 14.8. The third-order valence-corrected chi connectivity index (χ3v) is 24.3. The number of rotatable bonds is 23. The lowest BCUT2D eigenvalue weighted by atomic mass is 9.97. The minimum Gasteiger partial charge on any atom is -0.469 e. The zero-order valence-corrected chi connectivity index (χ0v) is 74.2. The predicted molar refractivity (Wildman–Crippen MR) is 478 cm³/mol. The summed E-state index contributed by atoms with van der Waals surface area (Å²) in [5.74, 6) is 0.203. The number of fused-ring (bicyclic) bond motifs is 6. The standard InChI is InChI=1S/C26H31ClN5O6P.C23H25ClN4O3.C22H22ClN5O2.C19H17ClN2O3/c1-35-24(33)8-7-23-26(38-39(34,31-10-14-36-15-11-31)32-12-16-37-17-13-32)30-21-6-5-19(27)18-20(21)25(29-23)22-4-2-3-9-28-22;1-14(2)23(30)26-13-20-18(9-10-21(29)31-3)28-22(19-6-4-5-11-25-19)16-12-15(24)7-8-17(16)27-20;1-13(2)21-26-27-22-17(8-10-19(29)30-3)25-20(16-6-4-5-11-24-16)15-12-14(23)7-9-18(15)28(21)22;1-25-18(24)8-7-15-17(23)10-12-5-6-13(20)11-14(12)19(22-15)16-4-2-3-9-21-16/h2-6,9,18,23H,7-8,10-17H2,1H3;4-8,11-12,14,18H,9-10,13H2,1-3H3,(H,26,30);4-7,9,11-13,17H,8,10H2,1-3H3;2-6,9,11,15H,7-8,10H2,1H3/t23-;18-;17-;15-/m0000/s1. The molecule has 30 nitrogen and oxygen atoms in total. The van der Waals surface area contributed by atoms with E-state index < -0.39 is 31.8 Å². The minimum atomic E-state index is -3.61. The zero-order chi connectivity index (χ0) is 88.7. The summed E-state index contributed by atoms with van der Waals surface area (Å²) in [6.45, 7) is 11.6. The SMILES string of the molecule is COC(=O)CC[C@@H]1N=C(c2ccccn2)c2cc(Cl)ccc2-n2c(C(C)C)nnc21.COC(=O)CC[C@@H]1N=C(c2ccccn2)c2cc(Cl)ccc2CC1=O.COC(=O)CC[C@@H]1N=C(c2ccccn2)c2cc(Cl)ccc2N=C1CNC(=O)C(C)C.COC(=O)CC[C@@H]1N=C(c2ccccn2)c2cc(Cl)ccc2N=C1OP(=O)(N1CCOCC1)N1CCOCC1. The number of pyridine rings is 4. The van der Waals surface area contributed by atoms with Crippen molar-refractivity contribution in [2.24, 2.45) is 35.9 Å². The van der Waals surface area contributed by atoms with Gasteiger partial charge in [-0.05, 0) is 147 Å². The molecule has 9 aromatic rings. The van der Waals surface area contributed by atoms with Gasteiger partial charge in [-0.1, -0.05) is 104 Å². The summed E-state index contributed by atoms with van der Waals surface area (Å²) in [6.07, 6.45) is 9.02. The van der Waals surface area contributed by atoms with Gasteiger partial charge >= 0.3 is 31.5 Å². The molecule has 0 spiro atoms. The van der Waals surface area contributed by atoms with E-state index in [1.54, 1.807) is 67.3 Å². The van der Waals surface area contributed by atoms with Crippen LogP contribution in [-0.2, 0) is 72.7 Å². The highest BCUT2D eigenvalue weighted by Gasteiger charge is 2.45. The summed E-state index contributed by atoms with van der Waals surface area (Å²) < 4.78 is 57.3. The largest absolute Gasteiger partial charge is 0.469 e. The van der Waals surface area contributed by atoms with E-state index in [9.17, 15) is 33.3 Å². The van der Waals surface area contributed by atoms with Crippen molar-refractivity contribution in [3.05, 3.63) is 253 Å². The lowest BCUT2D eigenvalue weighted by Gasteiger charge is -2.41. The molecule has 4 atom stereocenters. The van der Waals surface area contributed by atoms with Crippen molar-refractivity contribution in [3.8, 4) is 5.69 Å². The second-order valence-corrected chi connectivity index (χ2v) is 33.8. The summed E-state index contributed by atoms with van der Waals surface area (Å²) in [5, 5.41) is 14.1. The van der Waals surface area contributed by atoms with Crippen LogP contribution >= 0.6 is 54.1 Å². The summed E-state index contributed by atoms with van der Waals surface area (Å²) in [6, 6.07) is 42.0. The fourth-order valence-electron chi connectivity index (χ4n) is 14.2. The van der Waals surface area contributed by atoms with E-state index in [0.29, 0.717) is 160 Å². The Morgan fingerprint density at radius 1 is 0.480 bits per heavy atom. The molecule has 5 aromatic heterocycles. The van der Waals surface area contributed by atoms with Gasteiger partial charge in [0.25, 0.3) is 0 Å². The van der Waals surface area contributed by atoms with Gasteiger partial charge in [-0.15, -0.1) is 10.2 Å². The molecule has 6 aliphatic rings. The molecule has 0 aliphatic carbocycles. The van der Waals surface area contributed by atoms with Gasteiger partial charge in [0.1, 0.15) is 23.9 Å². The van der Waals surface area contributed by atoms with Gasteiger partial charge in [0.05, 0.1) is 136 Å². The molecule has 15 rings (SSSR count). The molecular formula is C90H95Cl4N16O14P. The van der Waals surface area contributed by atoms with E-state index in [1.165, 1.54) is 28.4 Å². The Balaban J connectivity index is 0.000000154. The number of hydrogen-bond acceptors (Lipinski definition) is 26. The van der Waals surface area contributed by atoms with Gasteiger partial charge in [-0.3, -0.25) is 78.2 Å². The Labute approximate surface area is 744 Å². The van der Waals surface area contributed by atoms with Crippen molar-refractivity contribution in [3.63, 3.8) is 0 Å². The molecule has 1 N–H and O–H groups in total. The van der Waals surface area contributed by atoms with E-state index >= 15 is 0 Å². The normalized spacial score (nSPS) is 17.3. The zero-order valence-electron chi connectivity index (χ0n) is 70.2. The first-order valence-corrected chi connectivity index (χ1v) is 43.8. The maximum absolute atomic E-state index is 14.8. The topological polar surface area (TPSA) is 359 Å². The Morgan fingerprint density at radius 2 is 0.880 bits per heavy atom. The summed E-state index contributed by atoms with van der Waals surface area (Å²) >= 11 is 25.2. The number of aliphatic imine (C=N–C) groups is 6. The molecule has 1 amide bonds. The molecule has 0 unspecified atom stereocenters. The number of halogens is 4. The number of carbonyl (C=O) groups is 6. The van der Waals surface area contributed by atoms with Crippen molar-refractivity contribution in [1.29, 1.82) is 0 Å². The summed E-state index contributed by atoms with van der Waals surface area (Å²) in [4.78, 5) is 119. The van der Waals surface area contributed by atoms with Crippen LogP contribution in [-0.4, -0.2) is 220 Å². The molecule has 35 heteroatoms. The van der Waals surface area contributed by atoms with E-state index in [1.807, 2.05) is 131 Å². The van der Waals surface area contributed by atoms with Crippen LogP contribution < -0.4 is 5.32 Å². The van der Waals surface area contributed by atoms with Crippen LogP contribution in [0.15, 0.2) is 200 Å². The first-order chi connectivity index (χ1) is 60.4. The molecule has 2 saturated heterocycles. The van der Waals surface area contributed by atoms with Crippen LogP contribution in [0, 0.1) is 5.92 Å². The summed E-state index contributed by atoms with van der Waals surface area (Å²) in [5.41, 5.74) is 11.9. The van der Waals surface area contributed by atoms with Gasteiger partial charge in [-0.2, -0.15) is 0 Å². The maximum Gasteiger partial charge on any atom is 0.397 e. The quantitative estimate of drug-likeness (QED) is 0.0353. The Morgan fingerprint density at radius 3 is 1.34 bits per heavy atom. The number of esters is 4. The number of ketones is 1. The van der Waals surface area contributed by atoms with Crippen LogP contribution in [0.2, 0.25) is 20.1 Å². The number of hydrogen-bond donors (Lipinski definition) is 1. The van der Waals surface area contributed by atoms with Gasteiger partial charge < -0.3 is 38.3 Å². The number of aromatic nitrogens is 7. The Kier molecular flexibility index (Phi) is 33.1. The van der Waals surface area contributed by atoms with Crippen LogP contribution in [0.25, 0.3) is 5.69 Å². The van der Waals surface area contributed by atoms with Gasteiger partial charge in [0.2, 0.25) is 11.8 Å². The lowest BCUT2D eigenvalue weighted by molar-refractivity contribution is -0.141. The van der Waals surface area contributed by atoms with Crippen LogP contribution in [0.4, 0.5) is 11.4 Å². The summed E-state index contributed by atoms with van der Waals surface area (Å²) in [7, 11) is 1.80. The molecule has 0 radical (unpaired) electrons. The molecule has 0 bridgehead atoms. The highest BCUT2D eigenvalue weighted by Crippen LogP contribution is 2.56. The van der Waals surface area contributed by atoms with Crippen molar-refractivity contribution in [2.45, 2.75) is 116 Å². The van der Waals surface area contributed by atoms with Crippen molar-refractivity contribution in [2.75, 3.05) is 87.6 Å². The molecule has 6 aliphatic heterocycles. The van der Waals surface area contributed by atoms with E-state index in [-0.39, 0.29) is 98.4 Å². The van der Waals surface area contributed by atoms with Crippen LogP contribution in [0.3, 0.4) is 0 Å². The number of Topliss-reactive ketones (excluding diaryl/α,β-unsaturated/α-hetero) is 1. The lowest BCUT2D eigenvalue weighted by Crippen LogP contribution is -2.44. The molecule has 652 valence electrons. The molecule has 125 heavy (non-hydrogen) atoms. The second kappa shape index (κ2) is 44.5. The number of ether oxygens (including phenoxy) is 6. The fraction of sp³-hybridized carbons (Fsp3) is 0.356. The molecular weight excluding hydrogens is 1700 g/mol. The maximum atomic E-state index is 14.8. The van der Waals surface area contributed by atoms with E-state index in [2.05, 4.69) is 59.0 Å². The van der Waals surface area contributed by atoms with Crippen LogP contribution in [0.5, 0.6) is 0 Å². The smallest absolute Gasteiger partial charge is 0.397 e. The number of amides is 1. The first-order valence-electron chi connectivity index (χ1n) is 40.7. The average molecular weight is 1800 g/mol. The monoisotopic (exact) mass is 1790 g/mol. The van der Waals surface area contributed by atoms with Crippen molar-refractivity contribution >= 4 is 135 Å². The Hall–Kier alpha value is -11.3. The molecule has 0 saturated carbocycles. The number of morpholine rings is 2. The van der Waals surface area contributed by atoms with Crippen molar-refractivity contribution < 1.29 is 66.3 Å². The third-order valence-electron chi connectivity index (χ3n) is 20.7. The van der Waals surface area contributed by atoms with Gasteiger partial charge in [0.15, 0.2) is 11.6 Å². The number of nitrogens with one attached hydrogen (secondary N) is 1. The Bertz CT molecular complexity index is 5580. The first kappa shape index (κ1) is 92.9. The second-order valence-electron chi connectivity index (χ2n) is 29.8. The van der Waals surface area contributed by atoms with E-state index in [4.69, 9.17) is 99.6 Å². The fourth-order valence-corrected chi connectivity index (χ4v) is 17.2. The number of methoxy groups -OCH3 is 4. The highest BCUT2D eigenvalue weighted by molar-refractivity contribution is 7.54. The van der Waals surface area contributed by atoms with E-state index in [0.717, 1.165) is 39.5 Å². The molecule has 11 heterocycles. The highest BCUT2D eigenvalue weighted by atomic mass is 35.5. The number of benzene rings is 4. The van der Waals surface area contributed by atoms with Gasteiger partial charge in [-0.25, -0.2) is 18.9 Å². The molecule has 4 aromatic carbocycles. The van der Waals surface area contributed by atoms with Crippen LogP contribution in [0.1, 0.15) is 153 Å². The number of carbonyl (C=O) groups excluding carboxylic acids is 6. The number of nitrogens with zero attached hydrogens (tertiary/aromatic N) is 15. The average Bonchev–Trinajstić information content (AvgIpc) is 1.63. The third kappa shape index (κ3) is 24.0. The van der Waals surface area contributed by atoms with Crippen molar-refractivity contribution in [1.82, 2.24) is 49.4 Å². The van der Waals surface area contributed by atoms with Gasteiger partial charge in [0, 0.05) is 137 Å².